The summed E-state index contributed by atoms with van der Waals surface area (Å²) in [5.74, 6) is -6.95. The Morgan fingerprint density at radius 1 is 1.13 bits per heavy atom. The Labute approximate surface area is 216 Å². The first kappa shape index (κ1) is 25.1. The van der Waals surface area contributed by atoms with Gasteiger partial charge in [0, 0.05) is 24.7 Å². The number of aromatic hydroxyl groups is 1. The highest BCUT2D eigenvalue weighted by Crippen LogP contribution is 2.30. The molecule has 0 saturated heterocycles. The summed E-state index contributed by atoms with van der Waals surface area (Å²) in [4.78, 5) is 30.1. The molecule has 192 valence electrons. The summed E-state index contributed by atoms with van der Waals surface area (Å²) < 4.78 is 50.5. The van der Waals surface area contributed by atoms with Crippen LogP contribution in [-0.2, 0) is 20.1 Å². The van der Waals surface area contributed by atoms with Crippen LogP contribution in [0.2, 0.25) is 5.02 Å². The highest BCUT2D eigenvalue weighted by Gasteiger charge is 2.25. The third kappa shape index (κ3) is 4.30. The van der Waals surface area contributed by atoms with E-state index in [1.165, 1.54) is 18.4 Å². The van der Waals surface area contributed by atoms with Gasteiger partial charge in [0.05, 0.1) is 34.9 Å². The molecular formula is C22H14BClF3N7O4. The number of anilines is 2. The summed E-state index contributed by atoms with van der Waals surface area (Å²) in [7, 11) is 7.00. The minimum atomic E-state index is -1.81. The molecule has 0 aliphatic rings. The first-order valence-electron chi connectivity index (χ1n) is 10.7. The van der Waals surface area contributed by atoms with Crippen molar-refractivity contribution in [2.24, 2.45) is 7.05 Å². The van der Waals surface area contributed by atoms with Crippen LogP contribution in [0.15, 0.2) is 44.8 Å². The topological polar surface area (TPSA) is 133 Å². The summed E-state index contributed by atoms with van der Waals surface area (Å²) in [6.07, 6.45) is 2.90. The number of hydrogen-bond acceptors (Lipinski definition) is 8. The van der Waals surface area contributed by atoms with Gasteiger partial charge in [0.2, 0.25) is 5.95 Å². The zero-order chi connectivity index (χ0) is 27.3. The number of phenols is 1. The van der Waals surface area contributed by atoms with Crippen LogP contribution in [0.25, 0.3) is 10.9 Å². The Balaban J connectivity index is 1.69. The fourth-order valence-corrected chi connectivity index (χ4v) is 3.99. The molecule has 16 heteroatoms. The van der Waals surface area contributed by atoms with Gasteiger partial charge >= 0.3 is 11.4 Å². The van der Waals surface area contributed by atoms with Crippen molar-refractivity contribution in [3.63, 3.8) is 0 Å². The van der Waals surface area contributed by atoms with Gasteiger partial charge in [0.25, 0.3) is 0 Å². The highest BCUT2D eigenvalue weighted by molar-refractivity contribution is 6.34. The fourth-order valence-electron chi connectivity index (χ4n) is 3.79. The quantitative estimate of drug-likeness (QED) is 0.244. The molecule has 5 aromatic rings. The maximum absolute atomic E-state index is 14.8. The fraction of sp³-hybridized carbons (Fsp3) is 0.136. The number of phenolic OH excluding ortho intramolecular Hbond substituents is 1. The molecule has 5 rings (SSSR count). The number of halogens is 4. The standard InChI is InChI=1S/C22H14BClF3N7O4/c1-32-6-9-4-14(12(24)5-13(9)30-32)28-20-29-21(36)34(7-10-2-3-38-31-10)22(37)33(20)8-11-16(25)15(23)17(26)18(27)19(11)35/h2-6,35H,7-8H2,1H3,(H,28,29,36). The molecule has 0 atom stereocenters. The molecule has 0 fully saturated rings. The van der Waals surface area contributed by atoms with E-state index in [1.807, 2.05) is 0 Å². The third-order valence-electron chi connectivity index (χ3n) is 5.66. The van der Waals surface area contributed by atoms with Crippen molar-refractivity contribution in [1.29, 1.82) is 0 Å². The highest BCUT2D eigenvalue weighted by atomic mass is 35.5. The number of nitrogens with one attached hydrogen (secondary N) is 1. The van der Waals surface area contributed by atoms with Crippen LogP contribution in [0.3, 0.4) is 0 Å². The summed E-state index contributed by atoms with van der Waals surface area (Å²) in [5.41, 5.74) is -3.20. The lowest BCUT2D eigenvalue weighted by molar-refractivity contribution is 0.391. The number of rotatable bonds is 6. The lowest BCUT2D eigenvalue weighted by atomic mass is 9.91. The minimum absolute atomic E-state index is 0.134. The summed E-state index contributed by atoms with van der Waals surface area (Å²) in [6.45, 7) is -1.28. The van der Waals surface area contributed by atoms with Gasteiger partial charge in [0.1, 0.15) is 25.6 Å². The average molecular weight is 544 g/mol. The summed E-state index contributed by atoms with van der Waals surface area (Å²) in [6, 6.07) is 4.48. The van der Waals surface area contributed by atoms with Gasteiger partial charge in [-0.1, -0.05) is 16.8 Å². The van der Waals surface area contributed by atoms with Crippen LogP contribution in [-0.4, -0.2) is 42.0 Å². The van der Waals surface area contributed by atoms with Crippen LogP contribution in [0, 0.1) is 17.5 Å². The van der Waals surface area contributed by atoms with Gasteiger partial charge in [-0.3, -0.25) is 9.25 Å². The molecule has 0 aliphatic carbocycles. The number of benzene rings is 2. The molecule has 0 aliphatic heterocycles. The number of fused-ring (bicyclic) bond motifs is 1. The Kier molecular flexibility index (Phi) is 6.22. The molecule has 0 amide bonds. The van der Waals surface area contributed by atoms with Crippen molar-refractivity contribution < 1.29 is 22.8 Å². The van der Waals surface area contributed by atoms with E-state index in [4.69, 9.17) is 24.0 Å². The second kappa shape index (κ2) is 9.41. The largest absolute Gasteiger partial charge is 0.504 e. The first-order valence-corrected chi connectivity index (χ1v) is 11.1. The SMILES string of the molecule is [B]c1c(F)c(F)c(O)c(Cn2c(Nc3cc4cn(C)nc4cc3Cl)nc(=O)n(Cc3ccon3)c2=O)c1F. The van der Waals surface area contributed by atoms with Crippen LogP contribution >= 0.6 is 11.6 Å². The minimum Gasteiger partial charge on any atom is -0.504 e. The predicted octanol–water partition coefficient (Wildman–Crippen LogP) is 1.69. The van der Waals surface area contributed by atoms with E-state index in [9.17, 15) is 27.9 Å². The zero-order valence-electron chi connectivity index (χ0n) is 19.2. The van der Waals surface area contributed by atoms with E-state index >= 15 is 0 Å². The molecule has 2 aromatic carbocycles. The van der Waals surface area contributed by atoms with Crippen molar-refractivity contribution in [3.05, 3.63) is 85.4 Å². The lowest BCUT2D eigenvalue weighted by Crippen LogP contribution is -2.43. The van der Waals surface area contributed by atoms with Gasteiger partial charge in [-0.15, -0.1) is 0 Å². The van der Waals surface area contributed by atoms with Gasteiger partial charge < -0.3 is 14.9 Å². The van der Waals surface area contributed by atoms with Crippen molar-refractivity contribution in [3.8, 4) is 5.75 Å². The molecule has 3 heterocycles. The molecule has 0 bridgehead atoms. The zero-order valence-corrected chi connectivity index (χ0v) is 20.0. The number of hydrogen-bond donors (Lipinski definition) is 2. The van der Waals surface area contributed by atoms with E-state index in [0.29, 0.717) is 15.5 Å². The Morgan fingerprint density at radius 3 is 2.61 bits per heavy atom. The molecule has 38 heavy (non-hydrogen) atoms. The van der Waals surface area contributed by atoms with Crippen molar-refractivity contribution in [2.45, 2.75) is 13.1 Å². The summed E-state index contributed by atoms with van der Waals surface area (Å²) in [5, 5.41) is 21.5. The van der Waals surface area contributed by atoms with Gasteiger partial charge in [-0.2, -0.15) is 14.5 Å². The van der Waals surface area contributed by atoms with Crippen LogP contribution in [0.1, 0.15) is 11.3 Å². The monoisotopic (exact) mass is 543 g/mol. The maximum Gasteiger partial charge on any atom is 0.355 e. The molecule has 2 N–H and O–H groups in total. The molecule has 3 aromatic heterocycles. The molecule has 2 radical (unpaired) electrons. The Bertz CT molecular complexity index is 1810. The Morgan fingerprint density at radius 2 is 1.89 bits per heavy atom. The lowest BCUT2D eigenvalue weighted by Gasteiger charge is -2.18. The van der Waals surface area contributed by atoms with Crippen LogP contribution in [0.4, 0.5) is 24.8 Å². The van der Waals surface area contributed by atoms with Crippen molar-refractivity contribution >= 4 is 47.4 Å². The third-order valence-corrected chi connectivity index (χ3v) is 5.97. The number of nitrogens with zero attached hydrogens (tertiary/aromatic N) is 6. The van der Waals surface area contributed by atoms with Crippen molar-refractivity contribution in [1.82, 2.24) is 29.1 Å². The first-order chi connectivity index (χ1) is 18.0. The maximum atomic E-state index is 14.8. The Hall–Kier alpha value is -4.53. The van der Waals surface area contributed by atoms with Gasteiger partial charge in [-0.25, -0.2) is 22.9 Å². The van der Waals surface area contributed by atoms with Crippen LogP contribution in [0.5, 0.6) is 5.75 Å². The van der Waals surface area contributed by atoms with Crippen molar-refractivity contribution in [2.75, 3.05) is 5.32 Å². The van der Waals surface area contributed by atoms with E-state index < -0.39 is 58.1 Å². The second-order valence-corrected chi connectivity index (χ2v) is 8.57. The molecule has 0 spiro atoms. The number of aryl methyl sites for hydroxylation is 1. The normalized spacial score (nSPS) is 11.4. The van der Waals surface area contributed by atoms with E-state index in [1.54, 1.807) is 24.0 Å². The van der Waals surface area contributed by atoms with E-state index in [-0.39, 0.29) is 22.9 Å². The van der Waals surface area contributed by atoms with Gasteiger partial charge in [-0.05, 0) is 17.6 Å². The molecule has 0 unspecified atom stereocenters. The molecule has 11 nitrogen and oxygen atoms in total. The predicted molar refractivity (Wildman–Crippen MR) is 130 cm³/mol. The van der Waals surface area contributed by atoms with E-state index in [0.717, 1.165) is 4.57 Å². The average Bonchev–Trinajstić information content (AvgIpc) is 3.52. The molecular weight excluding hydrogens is 530 g/mol. The summed E-state index contributed by atoms with van der Waals surface area (Å²) >= 11 is 6.35. The van der Waals surface area contributed by atoms with E-state index in [2.05, 4.69) is 20.6 Å². The van der Waals surface area contributed by atoms with Gasteiger partial charge in [0.15, 0.2) is 17.4 Å². The number of aromatic nitrogens is 6. The van der Waals surface area contributed by atoms with Crippen LogP contribution < -0.4 is 22.2 Å². The second-order valence-electron chi connectivity index (χ2n) is 8.17. The smallest absolute Gasteiger partial charge is 0.355 e. The molecule has 0 saturated carbocycles.